The summed E-state index contributed by atoms with van der Waals surface area (Å²) < 4.78 is 95.4. The summed E-state index contributed by atoms with van der Waals surface area (Å²) in [6.45, 7) is 4.97. The first kappa shape index (κ1) is 82.4. The van der Waals surface area contributed by atoms with Crippen molar-refractivity contribution >= 4 is 42.3 Å². The van der Waals surface area contributed by atoms with E-state index >= 15 is 0 Å². The van der Waals surface area contributed by atoms with Crippen LogP contribution in [0.15, 0.2) is 48.8 Å². The van der Waals surface area contributed by atoms with Crippen LogP contribution in [0.25, 0.3) is 11.6 Å². The number of hydrogen-bond donors (Lipinski definition) is 1. The van der Waals surface area contributed by atoms with Gasteiger partial charge in [-0.25, -0.2) is 14.3 Å². The van der Waals surface area contributed by atoms with Crippen LogP contribution >= 0.6 is 30.4 Å². The van der Waals surface area contributed by atoms with Crippen LogP contribution in [0.3, 0.4) is 0 Å². The normalized spacial score (nSPS) is 13.9. The Hall–Kier alpha value is 0.330. The molecule has 27 nitrogen and oxygen atoms in total. The van der Waals surface area contributed by atoms with Crippen molar-refractivity contribution in [3.8, 4) is 35.0 Å². The average Bonchev–Trinajstić information content (AvgIpc) is 3.99. The van der Waals surface area contributed by atoms with E-state index in [1.165, 1.54) is 100 Å². The molecule has 4 rings (SSSR count). The Bertz CT molecular complexity index is 2620. The minimum Gasteiger partial charge on any atom is -0.778 e. The number of nitrogens with zero attached hydrogens (tertiary/aromatic N) is 7. The summed E-state index contributed by atoms with van der Waals surface area (Å²) in [5.74, 6) is 4.74. The van der Waals surface area contributed by atoms with E-state index < -0.39 is 67.4 Å². The fourth-order valence-corrected chi connectivity index (χ4v) is 11.8. The number of rotatable bonds is 35. The number of methoxy groups -OCH3 is 2. The molecule has 416 valence electrons. The number of hydrogen-bond acceptors (Lipinski definition) is 24. The first-order valence-corrected chi connectivity index (χ1v) is 30.2. The van der Waals surface area contributed by atoms with Crippen molar-refractivity contribution in [2.45, 2.75) is 53.6 Å². The van der Waals surface area contributed by atoms with Crippen molar-refractivity contribution in [1.29, 1.82) is 0 Å². The number of ether oxygens (including phenoxy) is 4. The van der Waals surface area contributed by atoms with Gasteiger partial charge in [-0.2, -0.15) is 10.2 Å². The van der Waals surface area contributed by atoms with E-state index in [2.05, 4.69) is 27.4 Å². The maximum atomic E-state index is 13.5. The third-order valence-corrected chi connectivity index (χ3v) is 15.3. The predicted molar refractivity (Wildman–Crippen MR) is 260 cm³/mol. The Morgan fingerprint density at radius 1 is 0.613 bits per heavy atom. The molecule has 3 aromatic heterocycles. The van der Waals surface area contributed by atoms with Gasteiger partial charge in [0, 0.05) is 63.8 Å². The molecule has 80 heavy (non-hydrogen) atoms. The molecule has 0 aliphatic rings. The first-order chi connectivity index (χ1) is 35.5. The molecule has 0 radical (unpaired) electrons. The molecule has 0 fully saturated rings. The third-order valence-electron chi connectivity index (χ3n) is 9.72. The molecule has 0 bridgehead atoms. The van der Waals surface area contributed by atoms with Crippen molar-refractivity contribution in [3.63, 3.8) is 0 Å². The number of carboxylic acid groups (broad SMARTS) is 1. The summed E-state index contributed by atoms with van der Waals surface area (Å²) in [5, 5.41) is 22.8. The van der Waals surface area contributed by atoms with E-state index in [9.17, 15) is 52.5 Å². The van der Waals surface area contributed by atoms with E-state index in [0.717, 1.165) is 9.80 Å². The standard InChI is InChI=1S/C44H66N8O19P4.5Na/c1-7-68-72(56,57)30-49(31-73(58,59)69-8-2)28-36-15-18-51(47-36)41-24-34(25-42(46-41)52-19-16-37(48-52)29-50(32-74(60,61)70-9-3)33-75(62,63)71-10-4)13-14-35-26-40(67-23-21-65-6)38(27-39(35)66-22-20-64-5)44(55)45-17-11-12-43(53)54;;;;;/h15-16,18-19,24-27H,7-12,17,20-23,28-33H2,1-6H3,(H,45,55)(H,53,54)(H,56,57)(H,58,59)(H,60,61)(H,62,63);;;;;/q;5*+1/p-5. The largest absolute Gasteiger partial charge is 1.00 e. The molecular formula is C44H61N8Na5O19P4. The van der Waals surface area contributed by atoms with Crippen LogP contribution in [-0.4, -0.2) is 145 Å². The van der Waals surface area contributed by atoms with Gasteiger partial charge in [0.1, 0.15) is 55.1 Å². The van der Waals surface area contributed by atoms with Gasteiger partial charge in [-0.05, 0) is 70.9 Å². The molecule has 4 aromatic rings. The second kappa shape index (κ2) is 41.5. The molecule has 3 heterocycles. The summed E-state index contributed by atoms with van der Waals surface area (Å²) >= 11 is 0. The Morgan fingerprint density at radius 3 is 1.41 bits per heavy atom. The summed E-state index contributed by atoms with van der Waals surface area (Å²) in [6, 6.07) is 8.98. The van der Waals surface area contributed by atoms with Gasteiger partial charge in [0.05, 0.1) is 87.3 Å². The Morgan fingerprint density at radius 2 is 1.02 bits per heavy atom. The predicted octanol–water partition coefficient (Wildman–Crippen LogP) is -14.0. The van der Waals surface area contributed by atoms with Crippen LogP contribution in [-0.2, 0) is 63.7 Å². The van der Waals surface area contributed by atoms with Crippen LogP contribution in [0.4, 0.5) is 0 Å². The average molecular weight is 1240 g/mol. The van der Waals surface area contributed by atoms with Crippen molar-refractivity contribution in [1.82, 2.24) is 39.7 Å². The summed E-state index contributed by atoms with van der Waals surface area (Å²) in [5.41, 5.74) is 0.970. The van der Waals surface area contributed by atoms with E-state index in [4.69, 9.17) is 42.0 Å². The minimum absolute atomic E-state index is 0. The molecule has 0 saturated carbocycles. The number of nitrogens with one attached hydrogen (secondary N) is 1. The van der Waals surface area contributed by atoms with Gasteiger partial charge in [0.25, 0.3) is 5.91 Å². The number of benzene rings is 1. The van der Waals surface area contributed by atoms with E-state index in [-0.39, 0.29) is 284 Å². The molecule has 36 heteroatoms. The van der Waals surface area contributed by atoms with Crippen LogP contribution in [0.1, 0.15) is 73.4 Å². The molecule has 0 aliphatic heterocycles. The number of carbonyl (C=O) groups excluding carboxylic acids is 2. The van der Waals surface area contributed by atoms with Crippen molar-refractivity contribution in [2.24, 2.45) is 0 Å². The number of aliphatic carboxylic acids is 1. The minimum atomic E-state index is -4.55. The van der Waals surface area contributed by atoms with Gasteiger partial charge in [0.15, 0.2) is 11.6 Å². The number of amides is 1. The summed E-state index contributed by atoms with van der Waals surface area (Å²) in [6.07, 6.45) is -0.363. The van der Waals surface area contributed by atoms with E-state index in [0.29, 0.717) is 0 Å². The van der Waals surface area contributed by atoms with Gasteiger partial charge in [-0.15, -0.1) is 0 Å². The molecule has 1 N–H and O–H groups in total. The zero-order valence-electron chi connectivity index (χ0n) is 47.3. The van der Waals surface area contributed by atoms with Gasteiger partial charge < -0.3 is 90.1 Å². The van der Waals surface area contributed by atoms with Crippen LogP contribution in [0.2, 0.25) is 0 Å². The van der Waals surface area contributed by atoms with Crippen LogP contribution in [0.5, 0.6) is 11.5 Å². The second-order valence-electron chi connectivity index (χ2n) is 15.9. The maximum Gasteiger partial charge on any atom is 1.00 e. The molecule has 4 unspecified atom stereocenters. The third kappa shape index (κ3) is 30.3. The smallest absolute Gasteiger partial charge is 0.778 e. The number of carboxylic acids is 1. The molecule has 4 atom stereocenters. The number of aromatic nitrogens is 5. The topological polar surface area (TPSA) is 359 Å². The number of carbonyl (C=O) groups is 2. The van der Waals surface area contributed by atoms with Crippen molar-refractivity contribution < 1.29 is 237 Å². The van der Waals surface area contributed by atoms with Crippen molar-refractivity contribution in [2.75, 3.05) is 98.8 Å². The van der Waals surface area contributed by atoms with Crippen molar-refractivity contribution in [3.05, 3.63) is 76.9 Å². The zero-order chi connectivity index (χ0) is 55.2. The van der Waals surface area contributed by atoms with Gasteiger partial charge >= 0.3 is 148 Å². The molecule has 1 aromatic carbocycles. The first-order valence-electron chi connectivity index (χ1n) is 23.3. The quantitative estimate of drug-likeness (QED) is 0.0193. The monoisotopic (exact) mass is 1240 g/mol. The molecule has 0 aliphatic carbocycles. The van der Waals surface area contributed by atoms with Crippen LogP contribution in [0, 0.1) is 11.8 Å². The van der Waals surface area contributed by atoms with Gasteiger partial charge in [-0.3, -0.25) is 14.6 Å². The Kier molecular flexibility index (Phi) is 42.7. The number of pyridine rings is 1. The molecule has 0 spiro atoms. The fourth-order valence-electron chi connectivity index (χ4n) is 6.85. The molecule has 0 saturated heterocycles. The van der Waals surface area contributed by atoms with Crippen LogP contribution < -0.4 is 187 Å². The zero-order valence-corrected chi connectivity index (χ0v) is 60.9. The van der Waals surface area contributed by atoms with E-state index in [1.807, 2.05) is 0 Å². The van der Waals surface area contributed by atoms with Gasteiger partial charge in [-0.1, -0.05) is 11.8 Å². The SMILES string of the molecule is CCOP(=O)([O-])CN(Cc1ccn(-c2cc(C#Cc3cc(OCCOC)c(C(=O)NCCCC(=O)[O-])cc3OCCOC)cc(-n3ccc(CN(CP(=O)([O-])OCC)CP(=O)([O-])OCC)n3)n2)n1)CP(=O)([O-])OCC.[Na+].[Na+].[Na+].[Na+].[Na+]. The van der Waals surface area contributed by atoms with Gasteiger partial charge in [0.2, 0.25) is 0 Å². The summed E-state index contributed by atoms with van der Waals surface area (Å²) in [4.78, 5) is 82.3. The Balaban J connectivity index is 0. The summed E-state index contributed by atoms with van der Waals surface area (Å²) in [7, 11) is -15.3. The molecule has 1 amide bonds. The maximum absolute atomic E-state index is 13.5. The van der Waals surface area contributed by atoms with E-state index in [1.54, 1.807) is 0 Å². The Labute approximate surface area is 576 Å². The second-order valence-corrected chi connectivity index (χ2v) is 23.0. The molecular weight excluding hydrogens is 1180 g/mol. The fraction of sp³-hybridized carbons (Fsp3) is 0.523.